The zero-order valence-electron chi connectivity index (χ0n) is 13.0. The molecule has 1 N–H and O–H groups in total. The molecule has 122 valence electrons. The van der Waals surface area contributed by atoms with Crippen LogP contribution in [0.4, 0.5) is 4.39 Å². The average molecular weight is 332 g/mol. The highest BCUT2D eigenvalue weighted by Crippen LogP contribution is 2.08. The maximum atomic E-state index is 13.0. The fourth-order valence-electron chi connectivity index (χ4n) is 2.20. The molecule has 1 aromatic carbocycles. The number of imidazole rings is 1. The van der Waals surface area contributed by atoms with Gasteiger partial charge in [0.2, 0.25) is 0 Å². The monoisotopic (exact) mass is 332 g/mol. The molecule has 0 saturated carbocycles. The van der Waals surface area contributed by atoms with E-state index in [4.69, 9.17) is 12.2 Å². The van der Waals surface area contributed by atoms with Crippen LogP contribution in [0, 0.1) is 5.82 Å². The van der Waals surface area contributed by atoms with E-state index >= 15 is 0 Å². The summed E-state index contributed by atoms with van der Waals surface area (Å²) in [6, 6.07) is 6.51. The quantitative estimate of drug-likeness (QED) is 0.595. The van der Waals surface area contributed by atoms with Crippen LogP contribution in [-0.2, 0) is 13.1 Å². The Morgan fingerprint density at radius 3 is 2.83 bits per heavy atom. The van der Waals surface area contributed by atoms with Crippen molar-refractivity contribution in [1.82, 2.24) is 19.8 Å². The van der Waals surface area contributed by atoms with Gasteiger partial charge in [-0.05, 0) is 36.3 Å². The fraction of sp³-hybridized carbons (Fsp3) is 0.294. The van der Waals surface area contributed by atoms with Gasteiger partial charge in [0, 0.05) is 38.6 Å². The summed E-state index contributed by atoms with van der Waals surface area (Å²) in [5, 5.41) is 3.83. The zero-order valence-corrected chi connectivity index (χ0v) is 13.8. The van der Waals surface area contributed by atoms with Crippen molar-refractivity contribution >= 4 is 17.3 Å². The number of rotatable bonds is 8. The van der Waals surface area contributed by atoms with Crippen molar-refractivity contribution in [3.8, 4) is 0 Å². The standard InChI is InChI=1S/C17H21FN4S/c1-2-8-20-17(23)22(11-3-10-21-12-9-19-14-21)13-15-4-6-16(18)7-5-15/h2,4-7,9,12,14H,1,3,8,10-11,13H2,(H,20,23). The Labute approximate surface area is 141 Å². The Hall–Kier alpha value is -2.21. The summed E-state index contributed by atoms with van der Waals surface area (Å²) in [4.78, 5) is 6.12. The van der Waals surface area contributed by atoms with E-state index in [-0.39, 0.29) is 5.82 Å². The molecule has 4 nitrogen and oxygen atoms in total. The first-order valence-electron chi connectivity index (χ1n) is 7.53. The zero-order chi connectivity index (χ0) is 16.5. The molecule has 0 radical (unpaired) electrons. The normalized spacial score (nSPS) is 10.3. The van der Waals surface area contributed by atoms with Gasteiger partial charge in [-0.1, -0.05) is 18.2 Å². The van der Waals surface area contributed by atoms with Gasteiger partial charge < -0.3 is 14.8 Å². The first-order chi connectivity index (χ1) is 11.2. The highest BCUT2D eigenvalue weighted by Gasteiger charge is 2.10. The number of aromatic nitrogens is 2. The van der Waals surface area contributed by atoms with Crippen molar-refractivity contribution in [3.05, 3.63) is 67.0 Å². The largest absolute Gasteiger partial charge is 0.359 e. The van der Waals surface area contributed by atoms with Crippen molar-refractivity contribution in [3.63, 3.8) is 0 Å². The summed E-state index contributed by atoms with van der Waals surface area (Å²) >= 11 is 5.45. The summed E-state index contributed by atoms with van der Waals surface area (Å²) in [6.45, 7) is 6.64. The number of nitrogens with one attached hydrogen (secondary N) is 1. The van der Waals surface area contributed by atoms with Crippen molar-refractivity contribution in [1.29, 1.82) is 0 Å². The van der Waals surface area contributed by atoms with Gasteiger partial charge in [-0.25, -0.2) is 9.37 Å². The lowest BCUT2D eigenvalue weighted by Gasteiger charge is -2.26. The van der Waals surface area contributed by atoms with Gasteiger partial charge in [-0.15, -0.1) is 6.58 Å². The molecule has 0 amide bonds. The Balaban J connectivity index is 1.94. The maximum Gasteiger partial charge on any atom is 0.169 e. The Bertz CT molecular complexity index is 610. The molecule has 23 heavy (non-hydrogen) atoms. The van der Waals surface area contributed by atoms with E-state index in [0.717, 1.165) is 25.1 Å². The number of halogens is 1. The lowest BCUT2D eigenvalue weighted by molar-refractivity contribution is 0.386. The summed E-state index contributed by atoms with van der Waals surface area (Å²) in [7, 11) is 0. The molecule has 0 saturated heterocycles. The third kappa shape index (κ3) is 5.83. The molecule has 0 fully saturated rings. The van der Waals surface area contributed by atoms with Crippen LogP contribution in [0.1, 0.15) is 12.0 Å². The minimum absolute atomic E-state index is 0.229. The summed E-state index contributed by atoms with van der Waals surface area (Å²) in [5.41, 5.74) is 1.02. The molecule has 0 atom stereocenters. The van der Waals surface area contributed by atoms with Gasteiger partial charge in [-0.2, -0.15) is 0 Å². The van der Waals surface area contributed by atoms with Gasteiger partial charge in [0.1, 0.15) is 5.82 Å². The summed E-state index contributed by atoms with van der Waals surface area (Å²) in [6.07, 6.45) is 8.23. The summed E-state index contributed by atoms with van der Waals surface area (Å²) in [5.74, 6) is -0.229. The third-order valence-corrected chi connectivity index (χ3v) is 3.78. The van der Waals surface area contributed by atoms with Crippen molar-refractivity contribution in [2.45, 2.75) is 19.5 Å². The summed E-state index contributed by atoms with van der Waals surface area (Å²) < 4.78 is 15.1. The van der Waals surface area contributed by atoms with Crippen LogP contribution in [0.5, 0.6) is 0 Å². The molecule has 0 aliphatic heterocycles. The minimum Gasteiger partial charge on any atom is -0.359 e. The second-order valence-electron chi connectivity index (χ2n) is 5.18. The molecule has 0 aliphatic rings. The Kier molecular flexibility index (Phi) is 6.75. The van der Waals surface area contributed by atoms with Crippen LogP contribution in [0.15, 0.2) is 55.6 Å². The third-order valence-electron chi connectivity index (χ3n) is 3.38. The van der Waals surface area contributed by atoms with E-state index < -0.39 is 0 Å². The van der Waals surface area contributed by atoms with Crippen molar-refractivity contribution in [2.24, 2.45) is 0 Å². The van der Waals surface area contributed by atoms with Crippen LogP contribution in [0.2, 0.25) is 0 Å². The smallest absolute Gasteiger partial charge is 0.169 e. The highest BCUT2D eigenvalue weighted by atomic mass is 32.1. The molecule has 0 spiro atoms. The predicted molar refractivity (Wildman–Crippen MR) is 94.5 cm³/mol. The highest BCUT2D eigenvalue weighted by molar-refractivity contribution is 7.80. The van der Waals surface area contributed by atoms with Crippen LogP contribution in [-0.4, -0.2) is 32.7 Å². The molecule has 0 bridgehead atoms. The number of aryl methyl sites for hydroxylation is 1. The van der Waals surface area contributed by atoms with E-state index in [1.54, 1.807) is 30.7 Å². The van der Waals surface area contributed by atoms with Crippen LogP contribution in [0.25, 0.3) is 0 Å². The van der Waals surface area contributed by atoms with Gasteiger partial charge >= 0.3 is 0 Å². The number of hydrogen-bond acceptors (Lipinski definition) is 2. The molecule has 6 heteroatoms. The average Bonchev–Trinajstić information content (AvgIpc) is 3.07. The molecule has 2 rings (SSSR count). The first kappa shape index (κ1) is 17.1. The second kappa shape index (κ2) is 9.05. The van der Waals surface area contributed by atoms with Gasteiger partial charge in [0.15, 0.2) is 5.11 Å². The van der Waals surface area contributed by atoms with Gasteiger partial charge in [-0.3, -0.25) is 0 Å². The molecule has 1 heterocycles. The topological polar surface area (TPSA) is 33.1 Å². The Morgan fingerprint density at radius 2 is 2.17 bits per heavy atom. The van der Waals surface area contributed by atoms with E-state index in [1.807, 2.05) is 10.8 Å². The van der Waals surface area contributed by atoms with Crippen LogP contribution < -0.4 is 5.32 Å². The van der Waals surface area contributed by atoms with Crippen molar-refractivity contribution in [2.75, 3.05) is 13.1 Å². The van der Waals surface area contributed by atoms with Crippen LogP contribution >= 0.6 is 12.2 Å². The van der Waals surface area contributed by atoms with E-state index in [0.29, 0.717) is 18.2 Å². The van der Waals surface area contributed by atoms with Gasteiger partial charge in [0.25, 0.3) is 0 Å². The number of thiocarbonyl (C=S) groups is 1. The molecular formula is C17H21FN4S. The molecular weight excluding hydrogens is 311 g/mol. The first-order valence-corrected chi connectivity index (χ1v) is 7.93. The maximum absolute atomic E-state index is 13.0. The molecule has 0 unspecified atom stereocenters. The number of nitrogens with zero attached hydrogens (tertiary/aromatic N) is 3. The SMILES string of the molecule is C=CCNC(=S)N(CCCn1ccnc1)Cc1ccc(F)cc1. The van der Waals surface area contributed by atoms with E-state index in [2.05, 4.69) is 21.8 Å². The lowest BCUT2D eigenvalue weighted by atomic mass is 10.2. The van der Waals surface area contributed by atoms with Gasteiger partial charge in [0.05, 0.1) is 6.33 Å². The van der Waals surface area contributed by atoms with Crippen LogP contribution in [0.3, 0.4) is 0 Å². The van der Waals surface area contributed by atoms with Crippen molar-refractivity contribution < 1.29 is 4.39 Å². The fourth-order valence-corrected chi connectivity index (χ4v) is 2.44. The second-order valence-corrected chi connectivity index (χ2v) is 5.56. The molecule has 1 aromatic heterocycles. The molecule has 0 aliphatic carbocycles. The minimum atomic E-state index is -0.229. The van der Waals surface area contributed by atoms with E-state index in [1.165, 1.54) is 12.1 Å². The number of benzene rings is 1. The predicted octanol–water partition coefficient (Wildman–Crippen LogP) is 2.98. The van der Waals surface area contributed by atoms with E-state index in [9.17, 15) is 4.39 Å². The number of hydrogen-bond donors (Lipinski definition) is 1. The lowest BCUT2D eigenvalue weighted by Crippen LogP contribution is -2.40. The Morgan fingerprint density at radius 1 is 1.39 bits per heavy atom. The molecule has 2 aromatic rings.